The Hall–Kier alpha value is -2.18. The van der Waals surface area contributed by atoms with Crippen molar-refractivity contribution in [3.63, 3.8) is 0 Å². The second-order valence-corrected chi connectivity index (χ2v) is 7.59. The molecule has 3 N–H and O–H groups in total. The van der Waals surface area contributed by atoms with Crippen LogP contribution in [0.2, 0.25) is 0 Å². The first kappa shape index (κ1) is 22.1. The van der Waals surface area contributed by atoms with Gasteiger partial charge >= 0.3 is 0 Å². The van der Waals surface area contributed by atoms with E-state index in [2.05, 4.69) is 20.9 Å². The maximum atomic E-state index is 13.8. The van der Waals surface area contributed by atoms with Gasteiger partial charge in [-0.05, 0) is 58.1 Å². The van der Waals surface area contributed by atoms with E-state index in [4.69, 9.17) is 0 Å². The third-order valence-corrected chi connectivity index (χ3v) is 4.84. The Kier molecular flexibility index (Phi) is 8.67. The molecule has 0 heterocycles. The van der Waals surface area contributed by atoms with Crippen molar-refractivity contribution in [1.82, 2.24) is 16.0 Å². The van der Waals surface area contributed by atoms with Crippen LogP contribution in [-0.2, 0) is 11.2 Å². The Morgan fingerprint density at radius 1 is 1.29 bits per heavy atom. The number of halogens is 2. The number of hydrogen-bond donors (Lipinski definition) is 3. The molecule has 1 saturated carbocycles. The van der Waals surface area contributed by atoms with Crippen molar-refractivity contribution in [2.75, 3.05) is 13.1 Å². The van der Waals surface area contributed by atoms with Crippen molar-refractivity contribution in [3.05, 3.63) is 35.4 Å². The van der Waals surface area contributed by atoms with Crippen LogP contribution in [0.1, 0.15) is 52.0 Å². The third kappa shape index (κ3) is 6.77. The van der Waals surface area contributed by atoms with Gasteiger partial charge < -0.3 is 16.0 Å². The summed E-state index contributed by atoms with van der Waals surface area (Å²) in [6.45, 7) is 6.95. The van der Waals surface area contributed by atoms with Gasteiger partial charge in [-0.2, -0.15) is 0 Å². The number of hydrogen-bond acceptors (Lipinski definition) is 2. The molecule has 5 nitrogen and oxygen atoms in total. The largest absolute Gasteiger partial charge is 0.357 e. The standard InChI is InChI=1S/C21H32F2N4O/c1-4-24-21(25-12-11-15-7-6-10-18(22)19(15)23)27-17-9-5-8-16(13-17)20(28)26-14(2)3/h6-7,10,14,16-17H,4-5,8-9,11-13H2,1-3H3,(H,26,28)(H2,24,25,27). The van der Waals surface area contributed by atoms with Gasteiger partial charge in [0.25, 0.3) is 0 Å². The minimum atomic E-state index is -0.834. The molecule has 1 aromatic rings. The fourth-order valence-corrected chi connectivity index (χ4v) is 3.50. The van der Waals surface area contributed by atoms with E-state index < -0.39 is 11.6 Å². The molecule has 0 saturated heterocycles. The van der Waals surface area contributed by atoms with Crippen LogP contribution in [0, 0.1) is 17.6 Å². The Balaban J connectivity index is 1.92. The van der Waals surface area contributed by atoms with Crippen LogP contribution in [0.5, 0.6) is 0 Å². The fourth-order valence-electron chi connectivity index (χ4n) is 3.50. The quantitative estimate of drug-likeness (QED) is 0.492. The number of aliphatic imine (C=N–C) groups is 1. The topological polar surface area (TPSA) is 65.5 Å². The minimum absolute atomic E-state index is 0.0120. The van der Waals surface area contributed by atoms with Crippen molar-refractivity contribution in [2.45, 2.75) is 65.0 Å². The summed E-state index contributed by atoms with van der Waals surface area (Å²) in [6, 6.07) is 4.50. The average Bonchev–Trinajstić information content (AvgIpc) is 2.65. The second-order valence-electron chi connectivity index (χ2n) is 7.59. The molecule has 1 fully saturated rings. The SMILES string of the molecule is CCNC(=NCCc1cccc(F)c1F)NC1CCCC(C(=O)NC(C)C)C1. The maximum Gasteiger partial charge on any atom is 0.223 e. The van der Waals surface area contributed by atoms with Crippen LogP contribution in [0.25, 0.3) is 0 Å². The van der Waals surface area contributed by atoms with E-state index in [1.807, 2.05) is 20.8 Å². The van der Waals surface area contributed by atoms with Crippen molar-refractivity contribution in [3.8, 4) is 0 Å². The van der Waals surface area contributed by atoms with Crippen LogP contribution < -0.4 is 16.0 Å². The number of guanidine groups is 1. The summed E-state index contributed by atoms with van der Waals surface area (Å²) in [5.41, 5.74) is 0.322. The average molecular weight is 395 g/mol. The molecule has 1 aliphatic carbocycles. The van der Waals surface area contributed by atoms with Gasteiger partial charge in [-0.1, -0.05) is 18.6 Å². The van der Waals surface area contributed by atoms with Crippen LogP contribution in [0.15, 0.2) is 23.2 Å². The Morgan fingerprint density at radius 3 is 2.79 bits per heavy atom. The molecule has 0 aliphatic heterocycles. The summed E-state index contributed by atoms with van der Waals surface area (Å²) in [6.07, 6.45) is 3.96. The van der Waals surface area contributed by atoms with Crippen molar-refractivity contribution >= 4 is 11.9 Å². The van der Waals surface area contributed by atoms with Gasteiger partial charge in [0.05, 0.1) is 0 Å². The molecule has 0 bridgehead atoms. The predicted molar refractivity (Wildman–Crippen MR) is 108 cm³/mol. The molecule has 1 amide bonds. The molecule has 0 spiro atoms. The number of carbonyl (C=O) groups is 1. The molecule has 1 aromatic carbocycles. The lowest BCUT2D eigenvalue weighted by Crippen LogP contribution is -2.47. The van der Waals surface area contributed by atoms with Crippen molar-refractivity contribution in [2.24, 2.45) is 10.9 Å². The smallest absolute Gasteiger partial charge is 0.223 e. The molecule has 2 atom stereocenters. The maximum absolute atomic E-state index is 13.8. The van der Waals surface area contributed by atoms with Crippen LogP contribution in [-0.4, -0.2) is 37.0 Å². The fraction of sp³-hybridized carbons (Fsp3) is 0.619. The van der Waals surface area contributed by atoms with Gasteiger partial charge in [0.15, 0.2) is 17.6 Å². The minimum Gasteiger partial charge on any atom is -0.357 e. The van der Waals surface area contributed by atoms with E-state index in [0.29, 0.717) is 31.0 Å². The van der Waals surface area contributed by atoms with Gasteiger partial charge in [0.1, 0.15) is 0 Å². The summed E-state index contributed by atoms with van der Waals surface area (Å²) in [7, 11) is 0. The van der Waals surface area contributed by atoms with E-state index >= 15 is 0 Å². The number of rotatable bonds is 7. The van der Waals surface area contributed by atoms with Gasteiger partial charge in [0, 0.05) is 31.1 Å². The van der Waals surface area contributed by atoms with Crippen molar-refractivity contribution < 1.29 is 13.6 Å². The molecule has 7 heteroatoms. The summed E-state index contributed by atoms with van der Waals surface area (Å²) < 4.78 is 27.1. The molecule has 2 rings (SSSR count). The zero-order chi connectivity index (χ0) is 20.5. The summed E-state index contributed by atoms with van der Waals surface area (Å²) in [5, 5.41) is 9.58. The van der Waals surface area contributed by atoms with E-state index in [0.717, 1.165) is 31.7 Å². The van der Waals surface area contributed by atoms with Gasteiger partial charge in [-0.3, -0.25) is 9.79 Å². The Bertz CT molecular complexity index is 678. The monoisotopic (exact) mass is 394 g/mol. The highest BCUT2D eigenvalue weighted by Crippen LogP contribution is 2.24. The molecule has 28 heavy (non-hydrogen) atoms. The number of nitrogens with zero attached hydrogens (tertiary/aromatic N) is 1. The molecule has 1 aliphatic rings. The first-order valence-electron chi connectivity index (χ1n) is 10.2. The van der Waals surface area contributed by atoms with E-state index in [1.54, 1.807) is 6.07 Å². The highest BCUT2D eigenvalue weighted by molar-refractivity contribution is 5.81. The number of amides is 1. The molecule has 2 unspecified atom stereocenters. The van der Waals surface area contributed by atoms with E-state index in [1.165, 1.54) is 6.07 Å². The summed E-state index contributed by atoms with van der Waals surface area (Å²) in [5.74, 6) is -0.862. The normalized spacial score (nSPS) is 20.1. The number of carbonyl (C=O) groups excluding carboxylic acids is 1. The Labute approximate surface area is 166 Å². The van der Waals surface area contributed by atoms with Crippen LogP contribution in [0.3, 0.4) is 0 Å². The van der Waals surface area contributed by atoms with Gasteiger partial charge in [-0.15, -0.1) is 0 Å². The summed E-state index contributed by atoms with van der Waals surface area (Å²) in [4.78, 5) is 16.8. The summed E-state index contributed by atoms with van der Waals surface area (Å²) >= 11 is 0. The zero-order valence-electron chi connectivity index (χ0n) is 17.0. The zero-order valence-corrected chi connectivity index (χ0v) is 17.0. The molecule has 156 valence electrons. The van der Waals surface area contributed by atoms with Crippen LogP contribution >= 0.6 is 0 Å². The highest BCUT2D eigenvalue weighted by atomic mass is 19.2. The molecule has 0 radical (unpaired) electrons. The highest BCUT2D eigenvalue weighted by Gasteiger charge is 2.28. The molecular weight excluding hydrogens is 362 g/mol. The lowest BCUT2D eigenvalue weighted by Gasteiger charge is -2.30. The predicted octanol–water partition coefficient (Wildman–Crippen LogP) is 3.15. The Morgan fingerprint density at radius 2 is 2.07 bits per heavy atom. The molecule has 0 aromatic heterocycles. The van der Waals surface area contributed by atoms with Gasteiger partial charge in [0.2, 0.25) is 5.91 Å². The van der Waals surface area contributed by atoms with E-state index in [9.17, 15) is 13.6 Å². The first-order valence-corrected chi connectivity index (χ1v) is 10.2. The van der Waals surface area contributed by atoms with Crippen molar-refractivity contribution in [1.29, 1.82) is 0 Å². The van der Waals surface area contributed by atoms with E-state index in [-0.39, 0.29) is 23.9 Å². The number of benzene rings is 1. The molecular formula is C21H32F2N4O. The van der Waals surface area contributed by atoms with Gasteiger partial charge in [-0.25, -0.2) is 8.78 Å². The lowest BCUT2D eigenvalue weighted by atomic mass is 9.85. The lowest BCUT2D eigenvalue weighted by molar-refractivity contribution is -0.126. The first-order chi connectivity index (χ1) is 13.4. The van der Waals surface area contributed by atoms with Crippen LogP contribution in [0.4, 0.5) is 8.78 Å². The second kappa shape index (κ2) is 11.0. The third-order valence-electron chi connectivity index (χ3n) is 4.84. The number of nitrogens with one attached hydrogen (secondary N) is 3.